The molecule has 1 aromatic heterocycles. The smallest absolute Gasteiger partial charge is 0.214 e. The maximum atomic E-state index is 4.91. The zero-order valence-electron chi connectivity index (χ0n) is 5.89. The fourth-order valence-corrected chi connectivity index (χ4v) is 0.891. The van der Waals surface area contributed by atoms with Crippen LogP contribution in [-0.2, 0) is 0 Å². The summed E-state index contributed by atoms with van der Waals surface area (Å²) in [6, 6.07) is 1.84. The molecule has 1 heterocycles. The predicted octanol–water partition coefficient (Wildman–Crippen LogP) is 2.16. The van der Waals surface area contributed by atoms with Crippen LogP contribution in [0.15, 0.2) is 16.7 Å². The van der Waals surface area contributed by atoms with Crippen molar-refractivity contribution in [1.29, 1.82) is 0 Å². The summed E-state index contributed by atoms with van der Waals surface area (Å²) in [4.78, 5) is 4.01. The Morgan fingerprint density at radius 3 is 2.80 bits per heavy atom. The van der Waals surface area contributed by atoms with E-state index >= 15 is 0 Å². The first-order valence-corrected chi connectivity index (χ1v) is 3.69. The lowest BCUT2D eigenvalue weighted by Gasteiger charge is -1.99. The van der Waals surface area contributed by atoms with Gasteiger partial charge in [-0.1, -0.05) is 15.9 Å². The Morgan fingerprint density at radius 2 is 2.30 bits per heavy atom. The highest BCUT2D eigenvalue weighted by Crippen LogP contribution is 2.18. The van der Waals surface area contributed by atoms with Crippen molar-refractivity contribution in [2.24, 2.45) is 0 Å². The normalized spacial score (nSPS) is 9.50. The molecule has 10 heavy (non-hydrogen) atoms. The summed E-state index contributed by atoms with van der Waals surface area (Å²) in [7, 11) is 1.60. The van der Waals surface area contributed by atoms with Crippen molar-refractivity contribution >= 4 is 15.9 Å². The number of pyridine rings is 1. The van der Waals surface area contributed by atoms with Gasteiger partial charge < -0.3 is 4.74 Å². The van der Waals surface area contributed by atoms with Crippen molar-refractivity contribution in [3.8, 4) is 5.88 Å². The lowest BCUT2D eigenvalue weighted by atomic mass is 10.3. The molecule has 0 unspecified atom stereocenters. The van der Waals surface area contributed by atoms with Crippen LogP contribution in [0.2, 0.25) is 0 Å². The van der Waals surface area contributed by atoms with Crippen molar-refractivity contribution in [2.45, 2.75) is 6.92 Å². The maximum Gasteiger partial charge on any atom is 0.214 e. The standard InChI is InChI=1S/C7H8BrNO/c1-5-4-9-7(10-2)3-6(5)8/h3-4H,1-2H3. The summed E-state index contributed by atoms with van der Waals surface area (Å²) >= 11 is 3.37. The Morgan fingerprint density at radius 1 is 1.60 bits per heavy atom. The van der Waals surface area contributed by atoms with Gasteiger partial charge in [-0.25, -0.2) is 4.98 Å². The number of aryl methyl sites for hydroxylation is 1. The summed E-state index contributed by atoms with van der Waals surface area (Å²) < 4.78 is 5.94. The second kappa shape index (κ2) is 3.01. The molecule has 0 aromatic carbocycles. The molecule has 54 valence electrons. The first kappa shape index (κ1) is 7.54. The van der Waals surface area contributed by atoms with Gasteiger partial charge in [-0.2, -0.15) is 0 Å². The van der Waals surface area contributed by atoms with Gasteiger partial charge in [0.1, 0.15) is 0 Å². The third kappa shape index (κ3) is 1.48. The topological polar surface area (TPSA) is 22.1 Å². The molecular formula is C7H8BrNO. The zero-order chi connectivity index (χ0) is 7.56. The summed E-state index contributed by atoms with van der Waals surface area (Å²) in [5.41, 5.74) is 1.11. The molecule has 0 radical (unpaired) electrons. The number of rotatable bonds is 1. The number of ether oxygens (including phenoxy) is 1. The lowest BCUT2D eigenvalue weighted by Crippen LogP contribution is -1.87. The summed E-state index contributed by atoms with van der Waals surface area (Å²) in [5.74, 6) is 0.637. The van der Waals surface area contributed by atoms with E-state index in [4.69, 9.17) is 4.74 Å². The van der Waals surface area contributed by atoms with Gasteiger partial charge >= 0.3 is 0 Å². The molecule has 0 N–H and O–H groups in total. The second-order valence-electron chi connectivity index (χ2n) is 1.98. The Labute approximate surface area is 68.4 Å². The molecular weight excluding hydrogens is 194 g/mol. The van der Waals surface area contributed by atoms with Crippen molar-refractivity contribution in [3.63, 3.8) is 0 Å². The molecule has 0 fully saturated rings. The second-order valence-corrected chi connectivity index (χ2v) is 2.83. The van der Waals surface area contributed by atoms with Crippen LogP contribution in [0.5, 0.6) is 5.88 Å². The molecule has 0 amide bonds. The third-order valence-electron chi connectivity index (χ3n) is 1.22. The van der Waals surface area contributed by atoms with Gasteiger partial charge in [-0.05, 0) is 12.5 Å². The molecule has 0 aliphatic heterocycles. The zero-order valence-corrected chi connectivity index (χ0v) is 7.47. The van der Waals surface area contributed by atoms with Crippen molar-refractivity contribution < 1.29 is 4.74 Å². The first-order valence-electron chi connectivity index (χ1n) is 2.90. The van der Waals surface area contributed by atoms with Gasteiger partial charge in [0.15, 0.2) is 0 Å². The summed E-state index contributed by atoms with van der Waals surface area (Å²) in [6.07, 6.45) is 1.77. The molecule has 0 bridgehead atoms. The molecule has 0 aliphatic carbocycles. The van der Waals surface area contributed by atoms with Gasteiger partial charge in [0.05, 0.1) is 7.11 Å². The lowest BCUT2D eigenvalue weighted by molar-refractivity contribution is 0.397. The number of halogens is 1. The fraction of sp³-hybridized carbons (Fsp3) is 0.286. The fourth-order valence-electron chi connectivity index (χ4n) is 0.593. The van der Waals surface area contributed by atoms with E-state index in [9.17, 15) is 0 Å². The third-order valence-corrected chi connectivity index (χ3v) is 2.08. The molecule has 1 rings (SSSR count). The number of nitrogens with zero attached hydrogens (tertiary/aromatic N) is 1. The SMILES string of the molecule is COc1cc(Br)c(C)cn1. The molecule has 0 atom stereocenters. The summed E-state index contributed by atoms with van der Waals surface area (Å²) in [5, 5.41) is 0. The van der Waals surface area contributed by atoms with Gasteiger partial charge in [0.2, 0.25) is 5.88 Å². The van der Waals surface area contributed by atoms with E-state index in [2.05, 4.69) is 20.9 Å². The molecule has 2 nitrogen and oxygen atoms in total. The quantitative estimate of drug-likeness (QED) is 0.696. The number of hydrogen-bond acceptors (Lipinski definition) is 2. The van der Waals surface area contributed by atoms with E-state index in [0.717, 1.165) is 10.0 Å². The van der Waals surface area contributed by atoms with Crippen LogP contribution in [0.4, 0.5) is 0 Å². The minimum absolute atomic E-state index is 0.637. The van der Waals surface area contributed by atoms with Crippen LogP contribution in [0, 0.1) is 6.92 Å². The molecule has 3 heteroatoms. The van der Waals surface area contributed by atoms with Crippen LogP contribution >= 0.6 is 15.9 Å². The van der Waals surface area contributed by atoms with Crippen LogP contribution in [0.25, 0.3) is 0 Å². The largest absolute Gasteiger partial charge is 0.481 e. The average molecular weight is 202 g/mol. The Bertz CT molecular complexity index is 237. The highest BCUT2D eigenvalue weighted by molar-refractivity contribution is 9.10. The maximum absolute atomic E-state index is 4.91. The highest BCUT2D eigenvalue weighted by Gasteiger charge is 1.96. The van der Waals surface area contributed by atoms with E-state index in [-0.39, 0.29) is 0 Å². The van der Waals surface area contributed by atoms with Crippen LogP contribution in [0.1, 0.15) is 5.56 Å². The van der Waals surface area contributed by atoms with E-state index in [1.54, 1.807) is 13.3 Å². The minimum atomic E-state index is 0.637. The van der Waals surface area contributed by atoms with Crippen molar-refractivity contribution in [2.75, 3.05) is 7.11 Å². The average Bonchev–Trinajstić information content (AvgIpc) is 1.95. The molecule has 0 saturated heterocycles. The minimum Gasteiger partial charge on any atom is -0.481 e. The number of methoxy groups -OCH3 is 1. The van der Waals surface area contributed by atoms with Gasteiger partial charge in [-0.15, -0.1) is 0 Å². The molecule has 0 spiro atoms. The number of hydrogen-bond donors (Lipinski definition) is 0. The van der Waals surface area contributed by atoms with Crippen LogP contribution < -0.4 is 4.74 Å². The molecule has 0 aliphatic rings. The van der Waals surface area contributed by atoms with Crippen molar-refractivity contribution in [1.82, 2.24) is 4.98 Å². The van der Waals surface area contributed by atoms with Crippen molar-refractivity contribution in [3.05, 3.63) is 22.3 Å². The molecule has 1 aromatic rings. The highest BCUT2D eigenvalue weighted by atomic mass is 79.9. The van der Waals surface area contributed by atoms with Crippen LogP contribution in [0.3, 0.4) is 0 Å². The monoisotopic (exact) mass is 201 g/mol. The van der Waals surface area contributed by atoms with Gasteiger partial charge in [-0.3, -0.25) is 0 Å². The predicted molar refractivity (Wildman–Crippen MR) is 43.2 cm³/mol. The van der Waals surface area contributed by atoms with E-state index in [1.165, 1.54) is 0 Å². The van der Waals surface area contributed by atoms with E-state index in [1.807, 2.05) is 13.0 Å². The van der Waals surface area contributed by atoms with E-state index < -0.39 is 0 Å². The first-order chi connectivity index (χ1) is 4.74. The molecule has 0 saturated carbocycles. The number of aromatic nitrogens is 1. The van der Waals surface area contributed by atoms with Gasteiger partial charge in [0, 0.05) is 16.7 Å². The Balaban J connectivity index is 3.04. The van der Waals surface area contributed by atoms with E-state index in [0.29, 0.717) is 5.88 Å². The van der Waals surface area contributed by atoms with Gasteiger partial charge in [0.25, 0.3) is 0 Å². The Hall–Kier alpha value is -0.570. The summed E-state index contributed by atoms with van der Waals surface area (Å²) in [6.45, 7) is 1.98. The van der Waals surface area contributed by atoms with Crippen LogP contribution in [-0.4, -0.2) is 12.1 Å². The Kier molecular flexibility index (Phi) is 2.27.